The molecule has 9 heteroatoms. The van der Waals surface area contributed by atoms with Crippen LogP contribution in [-0.2, 0) is 24.3 Å². The average Bonchev–Trinajstić information content (AvgIpc) is 2.75. The van der Waals surface area contributed by atoms with Gasteiger partial charge in [-0.3, -0.25) is 14.5 Å². The van der Waals surface area contributed by atoms with Crippen molar-refractivity contribution < 1.29 is 22.7 Å². The Morgan fingerprint density at radius 3 is 2.41 bits per heavy atom. The number of carbonyl (C=O) groups excluding carboxylic acids is 2. The molecule has 2 fully saturated rings. The summed E-state index contributed by atoms with van der Waals surface area (Å²) in [6.07, 6.45) is 1.54. The molecule has 0 aromatic heterocycles. The predicted octanol–water partition coefficient (Wildman–Crippen LogP) is 0.795. The highest BCUT2D eigenvalue weighted by molar-refractivity contribution is 7.89. The number of benzene rings is 1. The summed E-state index contributed by atoms with van der Waals surface area (Å²) in [5.74, 6) is -0.497. The van der Waals surface area contributed by atoms with Crippen molar-refractivity contribution in [2.75, 3.05) is 52.4 Å². The molecule has 1 amide bonds. The molecule has 2 aliphatic heterocycles. The van der Waals surface area contributed by atoms with E-state index < -0.39 is 10.0 Å². The third kappa shape index (κ3) is 5.34. The third-order valence-corrected chi connectivity index (χ3v) is 7.38. The molecule has 160 valence electrons. The molecule has 1 aromatic rings. The zero-order chi connectivity index (χ0) is 20.9. The number of nitrogens with zero attached hydrogens (tertiary/aromatic N) is 3. The minimum absolute atomic E-state index is 0.0154. The fourth-order valence-corrected chi connectivity index (χ4v) is 5.26. The van der Waals surface area contributed by atoms with E-state index >= 15 is 0 Å². The molecule has 8 nitrogen and oxygen atoms in total. The van der Waals surface area contributed by atoms with Gasteiger partial charge in [0.05, 0.1) is 24.0 Å². The van der Waals surface area contributed by atoms with Gasteiger partial charge in [-0.25, -0.2) is 8.42 Å². The summed E-state index contributed by atoms with van der Waals surface area (Å²) in [5.41, 5.74) is 0. The molecule has 1 atom stereocenters. The smallest absolute Gasteiger partial charge is 0.310 e. The van der Waals surface area contributed by atoms with Gasteiger partial charge in [-0.15, -0.1) is 0 Å². The third-order valence-electron chi connectivity index (χ3n) is 5.47. The lowest BCUT2D eigenvalue weighted by atomic mass is 9.98. The van der Waals surface area contributed by atoms with Crippen LogP contribution in [0.1, 0.15) is 19.8 Å². The summed E-state index contributed by atoms with van der Waals surface area (Å²) in [6, 6.07) is 8.41. The van der Waals surface area contributed by atoms with E-state index in [1.807, 2.05) is 4.90 Å². The van der Waals surface area contributed by atoms with Gasteiger partial charge >= 0.3 is 5.97 Å². The van der Waals surface area contributed by atoms with Gasteiger partial charge in [0, 0.05) is 39.3 Å². The second-order valence-corrected chi connectivity index (χ2v) is 9.36. The molecule has 0 saturated carbocycles. The zero-order valence-electron chi connectivity index (χ0n) is 16.8. The number of hydrogen-bond donors (Lipinski definition) is 0. The van der Waals surface area contributed by atoms with E-state index in [9.17, 15) is 18.0 Å². The Morgan fingerprint density at radius 1 is 1.07 bits per heavy atom. The van der Waals surface area contributed by atoms with Gasteiger partial charge in [-0.1, -0.05) is 18.2 Å². The van der Waals surface area contributed by atoms with Crippen molar-refractivity contribution in [3.05, 3.63) is 30.3 Å². The number of piperidine rings is 1. The molecule has 1 aromatic carbocycles. The van der Waals surface area contributed by atoms with Crippen LogP contribution in [0.4, 0.5) is 0 Å². The average molecular weight is 424 g/mol. The highest BCUT2D eigenvalue weighted by atomic mass is 32.2. The maximum atomic E-state index is 12.7. The fraction of sp³-hybridized carbons (Fsp3) is 0.600. The summed E-state index contributed by atoms with van der Waals surface area (Å²) in [6.45, 7) is 5.15. The standard InChI is InChI=1S/C20H29N3O5S/c1-2-28-20(25)17-7-6-10-22(15-17)19(24)16-21-11-13-23(14-12-21)29(26,27)18-8-4-3-5-9-18/h3-5,8-9,17H,2,6-7,10-16H2,1H3. The van der Waals surface area contributed by atoms with E-state index in [1.165, 1.54) is 4.31 Å². The Bertz CT molecular complexity index is 807. The number of hydrogen-bond acceptors (Lipinski definition) is 6. The summed E-state index contributed by atoms with van der Waals surface area (Å²) in [7, 11) is -3.50. The molecule has 2 heterocycles. The first-order valence-corrected chi connectivity index (χ1v) is 11.6. The van der Waals surface area contributed by atoms with Crippen LogP contribution < -0.4 is 0 Å². The van der Waals surface area contributed by atoms with E-state index in [4.69, 9.17) is 4.74 Å². The lowest BCUT2D eigenvalue weighted by Gasteiger charge is -2.36. The quantitative estimate of drug-likeness (QED) is 0.629. The Morgan fingerprint density at radius 2 is 1.76 bits per heavy atom. The van der Waals surface area contributed by atoms with Crippen molar-refractivity contribution in [1.82, 2.24) is 14.1 Å². The molecule has 0 bridgehead atoms. The number of ether oxygens (including phenoxy) is 1. The topological polar surface area (TPSA) is 87.2 Å². The largest absolute Gasteiger partial charge is 0.466 e. The Labute approximate surface area is 172 Å². The second-order valence-electron chi connectivity index (χ2n) is 7.42. The molecule has 0 spiro atoms. The first kappa shape index (κ1) is 21.7. The molecule has 2 aliphatic rings. The maximum absolute atomic E-state index is 12.7. The van der Waals surface area contributed by atoms with Crippen LogP contribution in [0.3, 0.4) is 0 Å². The van der Waals surface area contributed by atoms with E-state index in [1.54, 1.807) is 42.2 Å². The van der Waals surface area contributed by atoms with Gasteiger partial charge in [0.2, 0.25) is 15.9 Å². The fourth-order valence-electron chi connectivity index (χ4n) is 3.82. The summed E-state index contributed by atoms with van der Waals surface area (Å²) in [4.78, 5) is 28.7. The van der Waals surface area contributed by atoms with Crippen LogP contribution >= 0.6 is 0 Å². The van der Waals surface area contributed by atoms with Crippen LogP contribution in [-0.4, -0.2) is 86.8 Å². The maximum Gasteiger partial charge on any atom is 0.310 e. The van der Waals surface area contributed by atoms with Crippen LogP contribution in [0.2, 0.25) is 0 Å². The van der Waals surface area contributed by atoms with Crippen LogP contribution in [0, 0.1) is 5.92 Å². The number of piperazine rings is 1. The molecule has 1 unspecified atom stereocenters. The minimum Gasteiger partial charge on any atom is -0.466 e. The van der Waals surface area contributed by atoms with Crippen molar-refractivity contribution >= 4 is 21.9 Å². The van der Waals surface area contributed by atoms with Crippen molar-refractivity contribution in [2.45, 2.75) is 24.7 Å². The number of amides is 1. The van der Waals surface area contributed by atoms with Gasteiger partial charge in [-0.2, -0.15) is 4.31 Å². The lowest BCUT2D eigenvalue weighted by Crippen LogP contribution is -2.52. The van der Waals surface area contributed by atoms with Gasteiger partial charge in [-0.05, 0) is 31.9 Å². The van der Waals surface area contributed by atoms with Crippen molar-refractivity contribution in [1.29, 1.82) is 0 Å². The Hall–Kier alpha value is -1.97. The second kappa shape index (κ2) is 9.69. The number of esters is 1. The Balaban J connectivity index is 1.50. The van der Waals surface area contributed by atoms with Gasteiger partial charge in [0.15, 0.2) is 0 Å². The molecule has 0 radical (unpaired) electrons. The van der Waals surface area contributed by atoms with E-state index in [2.05, 4.69) is 0 Å². The first-order chi connectivity index (χ1) is 13.9. The van der Waals surface area contributed by atoms with Crippen molar-refractivity contribution in [3.8, 4) is 0 Å². The molecular weight excluding hydrogens is 394 g/mol. The van der Waals surface area contributed by atoms with Gasteiger partial charge in [0.25, 0.3) is 0 Å². The van der Waals surface area contributed by atoms with Crippen LogP contribution in [0.5, 0.6) is 0 Å². The summed E-state index contributed by atoms with van der Waals surface area (Å²) < 4.78 is 32.0. The van der Waals surface area contributed by atoms with E-state index in [0.717, 1.165) is 12.8 Å². The van der Waals surface area contributed by atoms with Gasteiger partial charge in [0.1, 0.15) is 0 Å². The van der Waals surface area contributed by atoms with Crippen molar-refractivity contribution in [2.24, 2.45) is 5.92 Å². The predicted molar refractivity (Wildman–Crippen MR) is 108 cm³/mol. The Kier molecular flexibility index (Phi) is 7.26. The summed E-state index contributed by atoms with van der Waals surface area (Å²) in [5, 5.41) is 0. The highest BCUT2D eigenvalue weighted by Gasteiger charge is 2.32. The van der Waals surface area contributed by atoms with Crippen LogP contribution in [0.15, 0.2) is 35.2 Å². The lowest BCUT2D eigenvalue weighted by molar-refractivity contribution is -0.151. The monoisotopic (exact) mass is 423 g/mol. The molecular formula is C20H29N3O5S. The van der Waals surface area contributed by atoms with Crippen LogP contribution in [0.25, 0.3) is 0 Å². The molecule has 0 aliphatic carbocycles. The minimum atomic E-state index is -3.50. The van der Waals surface area contributed by atoms with Crippen molar-refractivity contribution in [3.63, 3.8) is 0 Å². The number of likely N-dealkylation sites (tertiary alicyclic amines) is 1. The molecule has 29 heavy (non-hydrogen) atoms. The molecule has 0 N–H and O–H groups in total. The van der Waals surface area contributed by atoms with E-state index in [-0.39, 0.29) is 24.3 Å². The molecule has 2 saturated heterocycles. The van der Waals surface area contributed by atoms with Gasteiger partial charge < -0.3 is 9.64 Å². The molecule has 3 rings (SSSR count). The number of rotatable bonds is 6. The first-order valence-electron chi connectivity index (χ1n) is 10.1. The van der Waals surface area contributed by atoms with E-state index in [0.29, 0.717) is 50.8 Å². The number of carbonyl (C=O) groups is 2. The normalized spacial score (nSPS) is 21.7. The zero-order valence-corrected chi connectivity index (χ0v) is 17.6. The highest BCUT2D eigenvalue weighted by Crippen LogP contribution is 2.20. The number of sulfonamides is 1. The summed E-state index contributed by atoms with van der Waals surface area (Å²) >= 11 is 0. The SMILES string of the molecule is CCOC(=O)C1CCCN(C(=O)CN2CCN(S(=O)(=O)c3ccccc3)CC2)C1.